The lowest BCUT2D eigenvalue weighted by molar-refractivity contribution is 0.0650. The molecular formula is C15H22N2OS. The summed E-state index contributed by atoms with van der Waals surface area (Å²) in [5.41, 5.74) is 0.873. The van der Waals surface area contributed by atoms with Gasteiger partial charge >= 0.3 is 0 Å². The molecule has 0 aromatic carbocycles. The molecule has 2 atom stereocenters. The number of thiophene rings is 1. The van der Waals surface area contributed by atoms with Gasteiger partial charge in [-0.2, -0.15) is 11.3 Å². The first-order valence-corrected chi connectivity index (χ1v) is 8.32. The van der Waals surface area contributed by atoms with Crippen molar-refractivity contribution in [3.05, 3.63) is 22.4 Å². The van der Waals surface area contributed by atoms with Crippen LogP contribution in [0.1, 0.15) is 43.0 Å². The van der Waals surface area contributed by atoms with Crippen LogP contribution in [0.15, 0.2) is 16.8 Å². The fourth-order valence-electron chi connectivity index (χ4n) is 3.68. The Morgan fingerprint density at radius 3 is 2.84 bits per heavy atom. The zero-order valence-electron chi connectivity index (χ0n) is 11.5. The predicted molar refractivity (Wildman–Crippen MR) is 78.6 cm³/mol. The van der Waals surface area contributed by atoms with Crippen LogP contribution in [0.2, 0.25) is 0 Å². The number of likely N-dealkylation sites (N-methyl/N-ethyl adjacent to an activating group) is 1. The molecule has 0 aliphatic carbocycles. The maximum Gasteiger partial charge on any atom is 0.255 e. The van der Waals surface area contributed by atoms with Crippen LogP contribution in [0.25, 0.3) is 0 Å². The highest BCUT2D eigenvalue weighted by molar-refractivity contribution is 7.08. The highest BCUT2D eigenvalue weighted by atomic mass is 32.1. The summed E-state index contributed by atoms with van der Waals surface area (Å²) in [6.07, 6.45) is 4.88. The van der Waals surface area contributed by atoms with E-state index in [-0.39, 0.29) is 5.91 Å². The Balaban J connectivity index is 1.76. The zero-order chi connectivity index (χ0) is 13.2. The van der Waals surface area contributed by atoms with Crippen molar-refractivity contribution < 1.29 is 4.79 Å². The summed E-state index contributed by atoms with van der Waals surface area (Å²) in [7, 11) is 0. The van der Waals surface area contributed by atoms with Crippen LogP contribution >= 0.6 is 11.3 Å². The van der Waals surface area contributed by atoms with E-state index in [9.17, 15) is 4.79 Å². The van der Waals surface area contributed by atoms with E-state index < -0.39 is 0 Å². The van der Waals surface area contributed by atoms with Crippen LogP contribution < -0.4 is 0 Å². The Hall–Kier alpha value is -0.870. The quantitative estimate of drug-likeness (QED) is 0.849. The minimum absolute atomic E-state index is 0.242. The zero-order valence-corrected chi connectivity index (χ0v) is 12.4. The number of carbonyl (C=O) groups excluding carboxylic acids is 1. The first kappa shape index (κ1) is 13.1. The lowest BCUT2D eigenvalue weighted by atomic mass is 10.0. The number of nitrogens with zero attached hydrogens (tertiary/aromatic N) is 2. The third kappa shape index (κ3) is 2.43. The molecule has 0 radical (unpaired) electrons. The monoisotopic (exact) mass is 278 g/mol. The molecule has 2 saturated heterocycles. The van der Waals surface area contributed by atoms with Crippen molar-refractivity contribution in [2.75, 3.05) is 19.6 Å². The molecular weight excluding hydrogens is 256 g/mol. The minimum atomic E-state index is 0.242. The van der Waals surface area contributed by atoms with Gasteiger partial charge in [-0.15, -0.1) is 0 Å². The molecule has 0 N–H and O–H groups in total. The van der Waals surface area contributed by atoms with Gasteiger partial charge in [-0.05, 0) is 50.2 Å². The predicted octanol–water partition coefficient (Wildman–Crippen LogP) is 2.84. The van der Waals surface area contributed by atoms with Gasteiger partial charge in [0.2, 0.25) is 0 Å². The number of carbonyl (C=O) groups is 1. The summed E-state index contributed by atoms with van der Waals surface area (Å²) in [5, 5.41) is 3.97. The molecule has 104 valence electrons. The molecule has 4 heteroatoms. The summed E-state index contributed by atoms with van der Waals surface area (Å²) in [5.74, 6) is 0.242. The average Bonchev–Trinajstić information content (AvgIpc) is 3.16. The van der Waals surface area contributed by atoms with E-state index in [1.54, 1.807) is 11.3 Å². The Morgan fingerprint density at radius 1 is 1.32 bits per heavy atom. The van der Waals surface area contributed by atoms with Crippen molar-refractivity contribution in [2.45, 2.75) is 44.7 Å². The van der Waals surface area contributed by atoms with E-state index in [4.69, 9.17) is 0 Å². The van der Waals surface area contributed by atoms with Crippen molar-refractivity contribution in [3.8, 4) is 0 Å². The molecule has 19 heavy (non-hydrogen) atoms. The third-order valence-corrected chi connectivity index (χ3v) is 5.28. The first-order chi connectivity index (χ1) is 9.31. The summed E-state index contributed by atoms with van der Waals surface area (Å²) in [6, 6.07) is 2.99. The van der Waals surface area contributed by atoms with Crippen molar-refractivity contribution >= 4 is 17.2 Å². The van der Waals surface area contributed by atoms with E-state index in [2.05, 4.69) is 16.7 Å². The van der Waals surface area contributed by atoms with Gasteiger partial charge < -0.3 is 4.90 Å². The maximum absolute atomic E-state index is 12.6. The molecule has 0 spiro atoms. The SMILES string of the molecule is CCN1CCC[C@H]1[C@H]1CCCN1C(=O)c1ccsc1. The molecule has 0 bridgehead atoms. The number of hydrogen-bond acceptors (Lipinski definition) is 3. The van der Waals surface area contributed by atoms with E-state index >= 15 is 0 Å². The van der Waals surface area contributed by atoms with E-state index in [1.165, 1.54) is 25.8 Å². The molecule has 2 aliphatic rings. The smallest absolute Gasteiger partial charge is 0.255 e. The molecule has 2 fully saturated rings. The van der Waals surface area contributed by atoms with Crippen LogP contribution in [-0.4, -0.2) is 47.4 Å². The molecule has 3 rings (SSSR count). The second-order valence-electron chi connectivity index (χ2n) is 5.56. The van der Waals surface area contributed by atoms with E-state index in [0.29, 0.717) is 12.1 Å². The second-order valence-corrected chi connectivity index (χ2v) is 6.34. The minimum Gasteiger partial charge on any atom is -0.334 e. The van der Waals surface area contributed by atoms with Gasteiger partial charge in [0.25, 0.3) is 5.91 Å². The van der Waals surface area contributed by atoms with E-state index in [1.807, 2.05) is 16.8 Å². The molecule has 1 aromatic heterocycles. The first-order valence-electron chi connectivity index (χ1n) is 7.38. The maximum atomic E-state index is 12.6. The molecule has 0 unspecified atom stereocenters. The summed E-state index contributed by atoms with van der Waals surface area (Å²) in [4.78, 5) is 17.3. The Kier molecular flexibility index (Phi) is 3.89. The summed E-state index contributed by atoms with van der Waals surface area (Å²) >= 11 is 1.61. The molecule has 1 amide bonds. The molecule has 3 nitrogen and oxygen atoms in total. The van der Waals surface area contributed by atoms with Gasteiger partial charge in [-0.1, -0.05) is 6.92 Å². The molecule has 2 aliphatic heterocycles. The lowest BCUT2D eigenvalue weighted by Gasteiger charge is -2.34. The van der Waals surface area contributed by atoms with E-state index in [0.717, 1.165) is 25.1 Å². The van der Waals surface area contributed by atoms with Crippen molar-refractivity contribution in [3.63, 3.8) is 0 Å². The normalized spacial score (nSPS) is 28.2. The largest absolute Gasteiger partial charge is 0.334 e. The number of rotatable bonds is 3. The Morgan fingerprint density at radius 2 is 2.11 bits per heavy atom. The highest BCUT2D eigenvalue weighted by Gasteiger charge is 2.39. The third-order valence-electron chi connectivity index (χ3n) is 4.59. The van der Waals surface area contributed by atoms with Gasteiger partial charge in [0, 0.05) is 24.0 Å². The van der Waals surface area contributed by atoms with Gasteiger partial charge in [-0.25, -0.2) is 0 Å². The molecule has 0 saturated carbocycles. The lowest BCUT2D eigenvalue weighted by Crippen LogP contribution is -2.48. The number of likely N-dealkylation sites (tertiary alicyclic amines) is 2. The van der Waals surface area contributed by atoms with Gasteiger partial charge in [0.1, 0.15) is 0 Å². The van der Waals surface area contributed by atoms with Gasteiger partial charge in [-0.3, -0.25) is 9.69 Å². The number of amides is 1. The summed E-state index contributed by atoms with van der Waals surface area (Å²) in [6.45, 7) is 5.49. The van der Waals surface area contributed by atoms with Gasteiger partial charge in [0.15, 0.2) is 0 Å². The standard InChI is InChI=1S/C15H22N2OS/c1-2-16-8-3-5-13(16)14-6-4-9-17(14)15(18)12-7-10-19-11-12/h7,10-11,13-14H,2-6,8-9H2,1H3/t13-,14+/m0/s1. The van der Waals surface area contributed by atoms with Crippen LogP contribution in [0.5, 0.6) is 0 Å². The van der Waals surface area contributed by atoms with Crippen LogP contribution in [0.3, 0.4) is 0 Å². The second kappa shape index (κ2) is 5.63. The Labute approximate surface area is 119 Å². The highest BCUT2D eigenvalue weighted by Crippen LogP contribution is 2.31. The molecule has 3 heterocycles. The van der Waals surface area contributed by atoms with Gasteiger partial charge in [0.05, 0.1) is 5.56 Å². The average molecular weight is 278 g/mol. The summed E-state index contributed by atoms with van der Waals surface area (Å²) < 4.78 is 0. The van der Waals surface area contributed by atoms with Crippen LogP contribution in [0, 0.1) is 0 Å². The fraction of sp³-hybridized carbons (Fsp3) is 0.667. The van der Waals surface area contributed by atoms with Crippen LogP contribution in [0.4, 0.5) is 0 Å². The van der Waals surface area contributed by atoms with Crippen molar-refractivity contribution in [1.82, 2.24) is 9.80 Å². The van der Waals surface area contributed by atoms with Crippen molar-refractivity contribution in [2.24, 2.45) is 0 Å². The molecule has 1 aromatic rings. The Bertz CT molecular complexity index is 431. The topological polar surface area (TPSA) is 23.6 Å². The fourth-order valence-corrected chi connectivity index (χ4v) is 4.31. The van der Waals surface area contributed by atoms with Crippen molar-refractivity contribution in [1.29, 1.82) is 0 Å². The van der Waals surface area contributed by atoms with Crippen LogP contribution in [-0.2, 0) is 0 Å². The number of hydrogen-bond donors (Lipinski definition) is 0.